The molecule has 1 heterocycles. The molecule has 2 aliphatic rings. The second-order valence-corrected chi connectivity index (χ2v) is 8.02. The van der Waals surface area contributed by atoms with Crippen LogP contribution in [0.5, 0.6) is 0 Å². The molecule has 0 unspecified atom stereocenters. The SMILES string of the molecule is O=C(NCC[C@@H]1CC[C@H](NC(=O)C2CC2)[C@H](CO)O1)c1cc(Cl)cc(Cl)c1. The molecule has 2 amide bonds. The summed E-state index contributed by atoms with van der Waals surface area (Å²) < 4.78 is 5.92. The monoisotopic (exact) mass is 414 g/mol. The highest BCUT2D eigenvalue weighted by Crippen LogP contribution is 2.30. The van der Waals surface area contributed by atoms with E-state index in [-0.39, 0.29) is 36.5 Å². The molecular formula is C19H24Cl2N2O4. The molecule has 1 saturated heterocycles. The average molecular weight is 415 g/mol. The fourth-order valence-electron chi connectivity index (χ4n) is 3.29. The third-order valence-electron chi connectivity index (χ3n) is 4.95. The maximum Gasteiger partial charge on any atom is 0.251 e. The highest BCUT2D eigenvalue weighted by Gasteiger charge is 2.36. The molecular weight excluding hydrogens is 391 g/mol. The van der Waals surface area contributed by atoms with E-state index in [1.165, 1.54) is 0 Å². The van der Waals surface area contributed by atoms with Crippen LogP contribution in [-0.2, 0) is 9.53 Å². The first-order valence-corrected chi connectivity index (χ1v) is 10.0. The van der Waals surface area contributed by atoms with Crippen LogP contribution in [0.25, 0.3) is 0 Å². The summed E-state index contributed by atoms with van der Waals surface area (Å²) in [6.45, 7) is 0.296. The standard InChI is InChI=1S/C19H24Cl2N2O4/c20-13-7-12(8-14(21)9-13)18(25)22-6-5-15-3-4-16(17(10-24)27-15)23-19(26)11-1-2-11/h7-9,11,15-17,24H,1-6,10H2,(H,22,25)(H,23,26)/t15-,16-,17-/m0/s1. The average Bonchev–Trinajstić information content (AvgIpc) is 3.47. The first-order valence-electron chi connectivity index (χ1n) is 9.27. The lowest BCUT2D eigenvalue weighted by Gasteiger charge is -2.36. The van der Waals surface area contributed by atoms with E-state index in [0.717, 1.165) is 25.7 Å². The maximum absolute atomic E-state index is 12.2. The van der Waals surface area contributed by atoms with Gasteiger partial charge < -0.3 is 20.5 Å². The van der Waals surface area contributed by atoms with E-state index in [4.69, 9.17) is 27.9 Å². The Morgan fingerprint density at radius 1 is 1.11 bits per heavy atom. The van der Waals surface area contributed by atoms with Gasteiger partial charge >= 0.3 is 0 Å². The second kappa shape index (κ2) is 9.24. The first kappa shape index (κ1) is 20.4. The van der Waals surface area contributed by atoms with Crippen LogP contribution in [0.1, 0.15) is 42.5 Å². The van der Waals surface area contributed by atoms with Crippen molar-refractivity contribution in [3.63, 3.8) is 0 Å². The van der Waals surface area contributed by atoms with Crippen molar-refractivity contribution in [1.29, 1.82) is 0 Å². The number of hydrogen-bond donors (Lipinski definition) is 3. The molecule has 0 radical (unpaired) electrons. The summed E-state index contributed by atoms with van der Waals surface area (Å²) in [7, 11) is 0. The molecule has 148 valence electrons. The minimum atomic E-state index is -0.408. The molecule has 1 aliphatic carbocycles. The summed E-state index contributed by atoms with van der Waals surface area (Å²) in [5.74, 6) is -0.0475. The zero-order valence-corrected chi connectivity index (χ0v) is 16.4. The zero-order chi connectivity index (χ0) is 19.4. The van der Waals surface area contributed by atoms with Gasteiger partial charge in [-0.1, -0.05) is 23.2 Å². The van der Waals surface area contributed by atoms with Crippen molar-refractivity contribution < 1.29 is 19.4 Å². The quantitative estimate of drug-likeness (QED) is 0.639. The van der Waals surface area contributed by atoms with Gasteiger partial charge in [0.25, 0.3) is 5.91 Å². The first-order chi connectivity index (χ1) is 13.0. The van der Waals surface area contributed by atoms with E-state index < -0.39 is 6.10 Å². The van der Waals surface area contributed by atoms with Gasteiger partial charge in [0, 0.05) is 28.1 Å². The lowest BCUT2D eigenvalue weighted by Crippen LogP contribution is -2.51. The van der Waals surface area contributed by atoms with Crippen molar-refractivity contribution in [1.82, 2.24) is 10.6 Å². The van der Waals surface area contributed by atoms with Crippen molar-refractivity contribution in [2.45, 2.75) is 50.4 Å². The Kier molecular flexibility index (Phi) is 6.98. The number of benzene rings is 1. The van der Waals surface area contributed by atoms with Crippen LogP contribution in [-0.4, -0.2) is 48.3 Å². The Hall–Kier alpha value is -1.34. The summed E-state index contributed by atoms with van der Waals surface area (Å²) in [5, 5.41) is 16.2. The van der Waals surface area contributed by atoms with E-state index in [2.05, 4.69) is 10.6 Å². The number of halogens is 2. The third-order valence-corrected chi connectivity index (χ3v) is 5.38. The number of carbonyl (C=O) groups excluding carboxylic acids is 2. The van der Waals surface area contributed by atoms with E-state index >= 15 is 0 Å². The van der Waals surface area contributed by atoms with Crippen LogP contribution in [0.3, 0.4) is 0 Å². The molecule has 2 fully saturated rings. The van der Waals surface area contributed by atoms with Gasteiger partial charge in [-0.2, -0.15) is 0 Å². The van der Waals surface area contributed by atoms with Gasteiger partial charge in [-0.25, -0.2) is 0 Å². The lowest BCUT2D eigenvalue weighted by molar-refractivity contribution is -0.129. The number of amides is 2. The summed E-state index contributed by atoms with van der Waals surface area (Å²) in [6, 6.07) is 4.55. The number of carbonyl (C=O) groups is 2. The van der Waals surface area contributed by atoms with Gasteiger partial charge in [0.1, 0.15) is 6.10 Å². The second-order valence-electron chi connectivity index (χ2n) is 7.15. The molecule has 8 heteroatoms. The van der Waals surface area contributed by atoms with E-state index in [1.54, 1.807) is 18.2 Å². The Labute approximate surface area is 168 Å². The van der Waals surface area contributed by atoms with Crippen LogP contribution in [0.2, 0.25) is 10.0 Å². The fourth-order valence-corrected chi connectivity index (χ4v) is 3.82. The molecule has 1 aromatic rings. The van der Waals surface area contributed by atoms with Gasteiger partial charge in [0.05, 0.1) is 18.8 Å². The van der Waals surface area contributed by atoms with Crippen molar-refractivity contribution >= 4 is 35.0 Å². The number of aliphatic hydroxyl groups excluding tert-OH is 1. The summed E-state index contributed by atoms with van der Waals surface area (Å²) >= 11 is 11.8. The van der Waals surface area contributed by atoms with Crippen LogP contribution in [0.4, 0.5) is 0 Å². The highest BCUT2D eigenvalue weighted by molar-refractivity contribution is 6.35. The fraction of sp³-hybridized carbons (Fsp3) is 0.579. The molecule has 0 spiro atoms. The molecule has 0 bridgehead atoms. The lowest BCUT2D eigenvalue weighted by atomic mass is 9.97. The Bertz CT molecular complexity index is 676. The summed E-state index contributed by atoms with van der Waals surface area (Å²) in [4.78, 5) is 24.1. The largest absolute Gasteiger partial charge is 0.394 e. The molecule has 6 nitrogen and oxygen atoms in total. The topological polar surface area (TPSA) is 87.7 Å². The minimum Gasteiger partial charge on any atom is -0.394 e. The van der Waals surface area contributed by atoms with E-state index in [0.29, 0.717) is 28.6 Å². The van der Waals surface area contributed by atoms with Gasteiger partial charge in [-0.15, -0.1) is 0 Å². The van der Waals surface area contributed by atoms with Crippen molar-refractivity contribution in [3.8, 4) is 0 Å². The molecule has 3 N–H and O–H groups in total. The number of hydrogen-bond acceptors (Lipinski definition) is 4. The van der Waals surface area contributed by atoms with Crippen LogP contribution >= 0.6 is 23.2 Å². The predicted octanol–water partition coefficient (Wildman–Crippen LogP) is 2.55. The van der Waals surface area contributed by atoms with E-state index in [9.17, 15) is 14.7 Å². The summed E-state index contributed by atoms with van der Waals surface area (Å²) in [5.41, 5.74) is 0.410. The summed E-state index contributed by atoms with van der Waals surface area (Å²) in [6.07, 6.45) is 3.57. The van der Waals surface area contributed by atoms with Crippen LogP contribution in [0.15, 0.2) is 18.2 Å². The number of aliphatic hydroxyl groups is 1. The minimum absolute atomic E-state index is 0.0629. The molecule has 3 atom stereocenters. The van der Waals surface area contributed by atoms with Crippen molar-refractivity contribution in [2.24, 2.45) is 5.92 Å². The molecule has 3 rings (SSSR count). The van der Waals surface area contributed by atoms with Gasteiger partial charge in [0.2, 0.25) is 5.91 Å². The van der Waals surface area contributed by atoms with Crippen molar-refractivity contribution in [2.75, 3.05) is 13.2 Å². The molecule has 1 saturated carbocycles. The Morgan fingerprint density at radius 2 is 1.81 bits per heavy atom. The molecule has 0 aromatic heterocycles. The molecule has 1 aliphatic heterocycles. The predicted molar refractivity (Wildman–Crippen MR) is 103 cm³/mol. The third kappa shape index (κ3) is 5.82. The zero-order valence-electron chi connectivity index (χ0n) is 14.9. The number of rotatable bonds is 7. The Morgan fingerprint density at radius 3 is 2.44 bits per heavy atom. The van der Waals surface area contributed by atoms with Gasteiger partial charge in [-0.3, -0.25) is 9.59 Å². The molecule has 1 aromatic carbocycles. The number of nitrogens with one attached hydrogen (secondary N) is 2. The van der Waals surface area contributed by atoms with Crippen LogP contribution < -0.4 is 10.6 Å². The Balaban J connectivity index is 1.43. The van der Waals surface area contributed by atoms with Crippen LogP contribution in [0, 0.1) is 5.92 Å². The van der Waals surface area contributed by atoms with Crippen molar-refractivity contribution in [3.05, 3.63) is 33.8 Å². The van der Waals surface area contributed by atoms with Gasteiger partial charge in [-0.05, 0) is 50.3 Å². The smallest absolute Gasteiger partial charge is 0.251 e. The molecule has 27 heavy (non-hydrogen) atoms. The maximum atomic E-state index is 12.2. The normalized spacial score (nSPS) is 25.1. The van der Waals surface area contributed by atoms with E-state index in [1.807, 2.05) is 0 Å². The number of ether oxygens (including phenoxy) is 1. The van der Waals surface area contributed by atoms with Gasteiger partial charge in [0.15, 0.2) is 0 Å². The highest BCUT2D eigenvalue weighted by atomic mass is 35.5.